The maximum atomic E-state index is 13.7. The van der Waals surface area contributed by atoms with E-state index in [0.29, 0.717) is 28.2 Å². The van der Waals surface area contributed by atoms with E-state index in [9.17, 15) is 20.0 Å². The van der Waals surface area contributed by atoms with Crippen LogP contribution in [0.3, 0.4) is 0 Å². The van der Waals surface area contributed by atoms with Crippen LogP contribution in [-0.4, -0.2) is 22.2 Å². The second-order valence-electron chi connectivity index (χ2n) is 8.46. The first-order valence-corrected chi connectivity index (χ1v) is 11.2. The van der Waals surface area contributed by atoms with Crippen molar-refractivity contribution in [3.8, 4) is 23.4 Å². The molecule has 1 aliphatic rings. The molecule has 0 bridgehead atoms. The molecule has 0 saturated carbocycles. The molecule has 0 fully saturated rings. The Morgan fingerprint density at radius 1 is 1.09 bits per heavy atom. The van der Waals surface area contributed by atoms with Crippen LogP contribution in [0, 0.1) is 25.2 Å². The summed E-state index contributed by atoms with van der Waals surface area (Å²) < 4.78 is 17.6. The molecule has 4 aromatic rings. The molecule has 3 heterocycles. The number of carbonyl (C=O) groups excluding carboxylic acids is 1. The highest BCUT2D eigenvalue weighted by atomic mass is 16.7. The van der Waals surface area contributed by atoms with E-state index >= 15 is 0 Å². The summed E-state index contributed by atoms with van der Waals surface area (Å²) in [7, 11) is 0. The summed E-state index contributed by atoms with van der Waals surface area (Å²) >= 11 is 0. The molecular weight excluding hydrogens is 448 g/mol. The Morgan fingerprint density at radius 3 is 2.57 bits per heavy atom. The van der Waals surface area contributed by atoms with Crippen molar-refractivity contribution in [3.63, 3.8) is 0 Å². The van der Waals surface area contributed by atoms with E-state index in [1.807, 2.05) is 31.2 Å². The van der Waals surface area contributed by atoms with E-state index < -0.39 is 17.2 Å². The molecule has 176 valence electrons. The second-order valence-corrected chi connectivity index (χ2v) is 8.46. The molecule has 0 unspecified atom stereocenters. The van der Waals surface area contributed by atoms with Crippen molar-refractivity contribution in [2.45, 2.75) is 33.7 Å². The molecule has 0 aliphatic carbocycles. The number of ketones is 1. The van der Waals surface area contributed by atoms with Crippen LogP contribution in [-0.2, 0) is 13.0 Å². The third kappa shape index (κ3) is 3.53. The molecule has 35 heavy (non-hydrogen) atoms. The molecule has 8 heteroatoms. The minimum absolute atomic E-state index is 0.0591. The molecule has 5 rings (SSSR count). The number of furan rings is 1. The summed E-state index contributed by atoms with van der Waals surface area (Å²) in [5, 5.41) is 21.6. The summed E-state index contributed by atoms with van der Waals surface area (Å²) in [4.78, 5) is 26.7. The number of nitriles is 1. The molecule has 2 aromatic heterocycles. The molecule has 0 radical (unpaired) electrons. The van der Waals surface area contributed by atoms with Gasteiger partial charge in [0.15, 0.2) is 17.3 Å². The van der Waals surface area contributed by atoms with Crippen molar-refractivity contribution in [2.75, 3.05) is 6.79 Å². The zero-order valence-electron chi connectivity index (χ0n) is 19.5. The van der Waals surface area contributed by atoms with Crippen molar-refractivity contribution in [3.05, 3.63) is 85.9 Å². The molecule has 1 N–H and O–H groups in total. The average molecular weight is 470 g/mol. The average Bonchev–Trinajstić information content (AvgIpc) is 3.45. The van der Waals surface area contributed by atoms with Crippen LogP contribution < -0.4 is 15.0 Å². The van der Waals surface area contributed by atoms with Crippen LogP contribution in [0.15, 0.2) is 45.6 Å². The summed E-state index contributed by atoms with van der Waals surface area (Å²) in [6.07, 6.45) is 0.833. The van der Waals surface area contributed by atoms with Crippen molar-refractivity contribution in [2.24, 2.45) is 0 Å². The number of aromatic nitrogens is 1. The van der Waals surface area contributed by atoms with Gasteiger partial charge in [0.1, 0.15) is 17.2 Å². The van der Waals surface area contributed by atoms with E-state index in [2.05, 4.69) is 0 Å². The monoisotopic (exact) mass is 470 g/mol. The quantitative estimate of drug-likeness (QED) is 0.431. The number of nitrogens with zero attached hydrogens (tertiary/aromatic N) is 2. The van der Waals surface area contributed by atoms with Gasteiger partial charge in [0, 0.05) is 10.9 Å². The molecule has 0 amide bonds. The number of benzene rings is 2. The van der Waals surface area contributed by atoms with Gasteiger partial charge in [-0.05, 0) is 61.2 Å². The normalized spacial score (nSPS) is 12.2. The van der Waals surface area contributed by atoms with Crippen LogP contribution in [0.1, 0.15) is 50.9 Å². The topological polar surface area (TPSA) is 115 Å². The zero-order chi connectivity index (χ0) is 24.9. The minimum atomic E-state index is -0.689. The van der Waals surface area contributed by atoms with Crippen molar-refractivity contribution < 1.29 is 23.8 Å². The highest BCUT2D eigenvalue weighted by Crippen LogP contribution is 2.34. The van der Waals surface area contributed by atoms with E-state index in [1.54, 1.807) is 25.1 Å². The third-order valence-electron chi connectivity index (χ3n) is 6.42. The predicted molar refractivity (Wildman–Crippen MR) is 127 cm³/mol. The Bertz CT molecular complexity index is 1620. The first kappa shape index (κ1) is 22.3. The SMILES string of the molecule is CCc1ccc2oc(C(=O)c3c(C)c(C#N)c(=O)n(Cc4ccc5c(c4)OCO5)c3O)c(C)c2c1. The Kier molecular flexibility index (Phi) is 5.33. The summed E-state index contributed by atoms with van der Waals surface area (Å²) in [5.41, 5.74) is 1.98. The third-order valence-corrected chi connectivity index (χ3v) is 6.42. The molecule has 0 atom stereocenters. The Balaban J connectivity index is 1.65. The molecule has 0 spiro atoms. The van der Waals surface area contributed by atoms with E-state index in [4.69, 9.17) is 13.9 Å². The predicted octanol–water partition coefficient (Wildman–Crippen LogP) is 4.36. The van der Waals surface area contributed by atoms with Crippen molar-refractivity contribution in [1.82, 2.24) is 4.57 Å². The standard InChI is InChI=1S/C27H22N2O6/c1-4-16-5-7-20-18(9-16)15(3)25(35-20)24(30)23-14(2)19(11-28)26(31)29(27(23)32)12-17-6-8-21-22(10-17)34-13-33-21/h5-10,32H,4,12-13H2,1-3H3. The number of hydrogen-bond donors (Lipinski definition) is 1. The maximum Gasteiger partial charge on any atom is 0.271 e. The fourth-order valence-corrected chi connectivity index (χ4v) is 4.41. The van der Waals surface area contributed by atoms with Crippen LogP contribution in [0.5, 0.6) is 17.4 Å². The van der Waals surface area contributed by atoms with Gasteiger partial charge in [0.25, 0.3) is 5.56 Å². The Labute approximate surface area is 200 Å². The number of fused-ring (bicyclic) bond motifs is 2. The Morgan fingerprint density at radius 2 is 1.83 bits per heavy atom. The highest BCUT2D eigenvalue weighted by Gasteiger charge is 2.29. The lowest BCUT2D eigenvalue weighted by Crippen LogP contribution is -2.27. The van der Waals surface area contributed by atoms with Crippen LogP contribution in [0.2, 0.25) is 0 Å². The van der Waals surface area contributed by atoms with Gasteiger partial charge in [-0.25, -0.2) is 0 Å². The molecule has 1 aliphatic heterocycles. The fraction of sp³-hybridized carbons (Fsp3) is 0.222. The smallest absolute Gasteiger partial charge is 0.271 e. The highest BCUT2D eigenvalue weighted by molar-refractivity contribution is 6.12. The largest absolute Gasteiger partial charge is 0.494 e. The number of aryl methyl sites for hydroxylation is 2. The van der Waals surface area contributed by atoms with Crippen molar-refractivity contribution in [1.29, 1.82) is 5.26 Å². The number of rotatable bonds is 5. The van der Waals surface area contributed by atoms with Gasteiger partial charge in [0.2, 0.25) is 18.5 Å². The number of ether oxygens (including phenoxy) is 2. The van der Waals surface area contributed by atoms with Gasteiger partial charge >= 0.3 is 0 Å². The van der Waals surface area contributed by atoms with Crippen LogP contribution in [0.4, 0.5) is 0 Å². The molecular formula is C27H22N2O6. The lowest BCUT2D eigenvalue weighted by Gasteiger charge is -2.15. The Hall–Kier alpha value is -4.51. The van der Waals surface area contributed by atoms with E-state index in [1.165, 1.54) is 6.92 Å². The number of pyridine rings is 1. The van der Waals surface area contributed by atoms with Gasteiger partial charge in [-0.1, -0.05) is 19.1 Å². The first-order valence-electron chi connectivity index (χ1n) is 11.2. The van der Waals surface area contributed by atoms with Gasteiger partial charge in [-0.15, -0.1) is 0 Å². The van der Waals surface area contributed by atoms with Gasteiger partial charge < -0.3 is 19.0 Å². The summed E-state index contributed by atoms with van der Waals surface area (Å²) in [6, 6.07) is 12.7. The summed E-state index contributed by atoms with van der Waals surface area (Å²) in [5.74, 6) is 0.0347. The summed E-state index contributed by atoms with van der Waals surface area (Å²) in [6.45, 7) is 5.32. The second kappa shape index (κ2) is 8.37. The molecule has 8 nitrogen and oxygen atoms in total. The van der Waals surface area contributed by atoms with Gasteiger partial charge in [0.05, 0.1) is 12.1 Å². The molecule has 0 saturated heterocycles. The minimum Gasteiger partial charge on any atom is -0.494 e. The lowest BCUT2D eigenvalue weighted by molar-refractivity contribution is 0.101. The van der Waals surface area contributed by atoms with E-state index in [0.717, 1.165) is 21.9 Å². The lowest BCUT2D eigenvalue weighted by atomic mass is 9.98. The number of aromatic hydroxyl groups is 1. The number of hydrogen-bond acceptors (Lipinski definition) is 7. The first-order chi connectivity index (χ1) is 16.8. The van der Waals surface area contributed by atoms with Gasteiger partial charge in [-0.2, -0.15) is 5.26 Å². The van der Waals surface area contributed by atoms with Crippen LogP contribution >= 0.6 is 0 Å². The maximum absolute atomic E-state index is 13.7. The van der Waals surface area contributed by atoms with Gasteiger partial charge in [-0.3, -0.25) is 14.2 Å². The van der Waals surface area contributed by atoms with Crippen molar-refractivity contribution >= 4 is 16.8 Å². The number of carbonyl (C=O) groups is 1. The fourth-order valence-electron chi connectivity index (χ4n) is 4.41. The van der Waals surface area contributed by atoms with E-state index in [-0.39, 0.29) is 35.8 Å². The molecule has 2 aromatic carbocycles. The van der Waals surface area contributed by atoms with Crippen LogP contribution in [0.25, 0.3) is 11.0 Å². The zero-order valence-corrected chi connectivity index (χ0v) is 19.5.